The molecular formula is C16H20ClN3OS. The number of rotatable bonds is 2. The molecule has 0 saturated carbocycles. The molecule has 4 nitrogen and oxygen atoms in total. The molecule has 2 amide bonds. The van der Waals surface area contributed by atoms with Crippen LogP contribution in [-0.4, -0.2) is 35.0 Å². The van der Waals surface area contributed by atoms with Crippen molar-refractivity contribution in [1.82, 2.24) is 15.2 Å². The monoisotopic (exact) mass is 337 g/mol. The van der Waals surface area contributed by atoms with Gasteiger partial charge in [0.05, 0.1) is 15.2 Å². The van der Waals surface area contributed by atoms with Gasteiger partial charge in [-0.15, -0.1) is 11.3 Å². The molecule has 0 spiro atoms. The number of likely N-dealkylation sites (tertiary alicyclic amines) is 1. The van der Waals surface area contributed by atoms with Crippen molar-refractivity contribution in [2.45, 2.75) is 38.6 Å². The third-order valence-corrected chi connectivity index (χ3v) is 5.34. The van der Waals surface area contributed by atoms with Gasteiger partial charge < -0.3 is 10.2 Å². The molecule has 2 aromatic rings. The molecule has 0 unspecified atom stereocenters. The predicted octanol–water partition coefficient (Wildman–Crippen LogP) is 4.25. The van der Waals surface area contributed by atoms with E-state index in [2.05, 4.69) is 5.32 Å². The number of benzene rings is 1. The minimum atomic E-state index is 0.0459. The van der Waals surface area contributed by atoms with Crippen LogP contribution in [0.25, 0.3) is 10.2 Å². The molecule has 0 bridgehead atoms. The lowest BCUT2D eigenvalue weighted by atomic mass is 9.98. The van der Waals surface area contributed by atoms with Crippen LogP contribution in [0.4, 0.5) is 4.79 Å². The van der Waals surface area contributed by atoms with Gasteiger partial charge in [-0.1, -0.05) is 11.6 Å². The third-order valence-electron chi connectivity index (χ3n) is 3.91. The summed E-state index contributed by atoms with van der Waals surface area (Å²) in [6.07, 6.45) is 1.94. The van der Waals surface area contributed by atoms with Crippen LogP contribution in [0.1, 0.15) is 37.6 Å². The Hall–Kier alpha value is -1.33. The van der Waals surface area contributed by atoms with Crippen LogP contribution in [0.3, 0.4) is 0 Å². The summed E-state index contributed by atoms with van der Waals surface area (Å²) in [6.45, 7) is 5.55. The van der Waals surface area contributed by atoms with E-state index in [4.69, 9.17) is 16.6 Å². The van der Waals surface area contributed by atoms with Crippen molar-refractivity contribution >= 4 is 39.2 Å². The van der Waals surface area contributed by atoms with Gasteiger partial charge in [-0.25, -0.2) is 9.78 Å². The number of halogens is 1. The van der Waals surface area contributed by atoms with Gasteiger partial charge >= 0.3 is 6.03 Å². The number of carbonyl (C=O) groups is 1. The molecule has 1 aromatic carbocycles. The normalized spacial score (nSPS) is 16.5. The number of amides is 2. The molecule has 0 radical (unpaired) electrons. The summed E-state index contributed by atoms with van der Waals surface area (Å²) in [5, 5.41) is 4.85. The quantitative estimate of drug-likeness (QED) is 0.890. The fourth-order valence-electron chi connectivity index (χ4n) is 2.76. The lowest BCUT2D eigenvalue weighted by molar-refractivity contribution is 0.179. The smallest absolute Gasteiger partial charge is 0.317 e. The Kier molecular flexibility index (Phi) is 4.54. The van der Waals surface area contributed by atoms with E-state index in [1.807, 2.05) is 36.9 Å². The zero-order chi connectivity index (χ0) is 15.7. The van der Waals surface area contributed by atoms with Gasteiger partial charge in [-0.05, 0) is 44.9 Å². The molecule has 1 aromatic heterocycles. The Morgan fingerprint density at radius 3 is 2.82 bits per heavy atom. The highest BCUT2D eigenvalue weighted by atomic mass is 35.5. The maximum Gasteiger partial charge on any atom is 0.317 e. The highest BCUT2D eigenvalue weighted by Gasteiger charge is 2.26. The standard InChI is InChI=1S/C16H20ClN3OS/c1-10(2)18-16(21)20-7-5-11(6-8-20)15-19-13-9-12(17)3-4-14(13)22-15/h3-4,9-11H,5-8H2,1-2H3,(H,18,21). The molecule has 2 heterocycles. The Morgan fingerprint density at radius 1 is 1.41 bits per heavy atom. The molecule has 6 heteroatoms. The number of nitrogens with one attached hydrogen (secondary N) is 1. The molecule has 1 N–H and O–H groups in total. The zero-order valence-electron chi connectivity index (χ0n) is 12.8. The van der Waals surface area contributed by atoms with Gasteiger partial charge in [0, 0.05) is 30.1 Å². The molecular weight excluding hydrogens is 318 g/mol. The van der Waals surface area contributed by atoms with Crippen LogP contribution < -0.4 is 5.32 Å². The predicted molar refractivity (Wildman–Crippen MR) is 91.8 cm³/mol. The molecule has 1 aliphatic rings. The first-order valence-corrected chi connectivity index (χ1v) is 8.84. The lowest BCUT2D eigenvalue weighted by Gasteiger charge is -2.31. The highest BCUT2D eigenvalue weighted by molar-refractivity contribution is 7.18. The first kappa shape index (κ1) is 15.6. The third kappa shape index (κ3) is 3.36. The number of nitrogens with zero attached hydrogens (tertiary/aromatic N) is 2. The first-order chi connectivity index (χ1) is 10.5. The van der Waals surface area contributed by atoms with Crippen molar-refractivity contribution in [3.05, 3.63) is 28.2 Å². The number of carbonyl (C=O) groups excluding carboxylic acids is 1. The summed E-state index contributed by atoms with van der Waals surface area (Å²) >= 11 is 7.77. The van der Waals surface area contributed by atoms with Gasteiger partial charge in [0.25, 0.3) is 0 Å². The van der Waals surface area contributed by atoms with Gasteiger partial charge in [0.15, 0.2) is 0 Å². The number of hydrogen-bond donors (Lipinski definition) is 1. The molecule has 1 aliphatic heterocycles. The Labute approximate surface area is 139 Å². The maximum absolute atomic E-state index is 12.0. The summed E-state index contributed by atoms with van der Waals surface area (Å²) < 4.78 is 1.18. The SMILES string of the molecule is CC(C)NC(=O)N1CCC(c2nc3cc(Cl)ccc3s2)CC1. The number of piperidine rings is 1. The molecule has 3 rings (SSSR count). The van der Waals surface area contributed by atoms with Crippen LogP contribution in [0.15, 0.2) is 18.2 Å². The van der Waals surface area contributed by atoms with Crippen LogP contribution >= 0.6 is 22.9 Å². The summed E-state index contributed by atoms with van der Waals surface area (Å²) in [5.74, 6) is 0.444. The Balaban J connectivity index is 1.66. The molecule has 1 saturated heterocycles. The van der Waals surface area contributed by atoms with E-state index >= 15 is 0 Å². The second kappa shape index (κ2) is 6.42. The Morgan fingerprint density at radius 2 is 2.14 bits per heavy atom. The molecule has 0 aliphatic carbocycles. The largest absolute Gasteiger partial charge is 0.336 e. The van der Waals surface area contributed by atoms with E-state index < -0.39 is 0 Å². The average Bonchev–Trinajstić information content (AvgIpc) is 2.89. The molecule has 118 valence electrons. The Bertz CT molecular complexity index is 677. The van der Waals surface area contributed by atoms with E-state index in [1.54, 1.807) is 11.3 Å². The highest BCUT2D eigenvalue weighted by Crippen LogP contribution is 2.34. The van der Waals surface area contributed by atoms with Crippen molar-refractivity contribution in [2.24, 2.45) is 0 Å². The van der Waals surface area contributed by atoms with Crippen LogP contribution in [0.5, 0.6) is 0 Å². The summed E-state index contributed by atoms with van der Waals surface area (Å²) in [5.41, 5.74) is 0.979. The summed E-state index contributed by atoms with van der Waals surface area (Å²) in [4.78, 5) is 18.7. The minimum absolute atomic E-state index is 0.0459. The molecule has 0 atom stereocenters. The van der Waals surface area contributed by atoms with Crippen LogP contribution in [0.2, 0.25) is 5.02 Å². The van der Waals surface area contributed by atoms with Crippen molar-refractivity contribution in [2.75, 3.05) is 13.1 Å². The molecule has 1 fully saturated rings. The van der Waals surface area contributed by atoms with Crippen molar-refractivity contribution in [3.8, 4) is 0 Å². The first-order valence-electron chi connectivity index (χ1n) is 7.64. The number of hydrogen-bond acceptors (Lipinski definition) is 3. The van der Waals surface area contributed by atoms with E-state index in [9.17, 15) is 4.79 Å². The van der Waals surface area contributed by atoms with E-state index in [-0.39, 0.29) is 12.1 Å². The average molecular weight is 338 g/mol. The number of thiazole rings is 1. The summed E-state index contributed by atoms with van der Waals surface area (Å²) in [7, 11) is 0. The summed E-state index contributed by atoms with van der Waals surface area (Å²) in [6, 6.07) is 6.08. The van der Waals surface area contributed by atoms with Crippen LogP contribution in [0, 0.1) is 0 Å². The van der Waals surface area contributed by atoms with E-state index in [1.165, 1.54) is 9.71 Å². The van der Waals surface area contributed by atoms with Gasteiger partial charge in [-0.3, -0.25) is 0 Å². The zero-order valence-corrected chi connectivity index (χ0v) is 14.4. The van der Waals surface area contributed by atoms with Crippen molar-refractivity contribution in [3.63, 3.8) is 0 Å². The second-order valence-corrected chi connectivity index (χ2v) is 7.53. The number of urea groups is 1. The topological polar surface area (TPSA) is 45.2 Å². The fourth-order valence-corrected chi connectivity index (χ4v) is 4.04. The second-order valence-electron chi connectivity index (χ2n) is 6.03. The number of aromatic nitrogens is 1. The maximum atomic E-state index is 12.0. The van der Waals surface area contributed by atoms with Crippen molar-refractivity contribution < 1.29 is 4.79 Å². The van der Waals surface area contributed by atoms with E-state index in [0.29, 0.717) is 5.92 Å². The van der Waals surface area contributed by atoms with Crippen LogP contribution in [-0.2, 0) is 0 Å². The van der Waals surface area contributed by atoms with Gasteiger partial charge in [0.1, 0.15) is 0 Å². The van der Waals surface area contributed by atoms with E-state index in [0.717, 1.165) is 36.5 Å². The van der Waals surface area contributed by atoms with Gasteiger partial charge in [-0.2, -0.15) is 0 Å². The molecule has 22 heavy (non-hydrogen) atoms. The lowest BCUT2D eigenvalue weighted by Crippen LogP contribution is -2.46. The van der Waals surface area contributed by atoms with Gasteiger partial charge in [0.2, 0.25) is 0 Å². The number of fused-ring (bicyclic) bond motifs is 1. The fraction of sp³-hybridized carbons (Fsp3) is 0.500. The minimum Gasteiger partial charge on any atom is -0.336 e. The van der Waals surface area contributed by atoms with Crippen molar-refractivity contribution in [1.29, 1.82) is 0 Å².